The van der Waals surface area contributed by atoms with Gasteiger partial charge >= 0.3 is 0 Å². The predicted octanol–water partition coefficient (Wildman–Crippen LogP) is 4.29. The molecular weight excluding hydrogens is 322 g/mol. The molecule has 3 unspecified atom stereocenters. The molecule has 1 aliphatic carbocycles. The lowest BCUT2D eigenvalue weighted by Gasteiger charge is -2.32. The van der Waals surface area contributed by atoms with E-state index in [4.69, 9.17) is 0 Å². The number of amides is 1. The van der Waals surface area contributed by atoms with Crippen molar-refractivity contribution in [3.05, 3.63) is 101 Å². The second kappa shape index (κ2) is 5.82. The fraction of sp³-hybridized carbons (Fsp3) is 0.174. The summed E-state index contributed by atoms with van der Waals surface area (Å²) in [6.07, 6.45) is 0.203. The maximum absolute atomic E-state index is 13.2. The van der Waals surface area contributed by atoms with Gasteiger partial charge in [-0.25, -0.2) is 0 Å². The first kappa shape index (κ1) is 15.4. The minimum Gasteiger partial charge on any atom is -0.388 e. The molecule has 5 rings (SSSR count). The van der Waals surface area contributed by atoms with Crippen LogP contribution in [0, 0.1) is 5.92 Å². The topological polar surface area (TPSA) is 40.5 Å². The van der Waals surface area contributed by atoms with Crippen molar-refractivity contribution < 1.29 is 9.90 Å². The van der Waals surface area contributed by atoms with Crippen LogP contribution in [0.4, 0.5) is 5.69 Å². The highest BCUT2D eigenvalue weighted by atomic mass is 16.3. The summed E-state index contributed by atoms with van der Waals surface area (Å²) in [6.45, 7) is 0. The van der Waals surface area contributed by atoms with Crippen LogP contribution in [0.15, 0.2) is 78.9 Å². The highest BCUT2D eigenvalue weighted by molar-refractivity contribution is 6.11. The van der Waals surface area contributed by atoms with Crippen LogP contribution in [-0.2, 0) is 6.42 Å². The lowest BCUT2D eigenvalue weighted by atomic mass is 9.88. The van der Waals surface area contributed by atoms with E-state index in [9.17, 15) is 9.90 Å². The zero-order valence-electron chi connectivity index (χ0n) is 14.2. The van der Waals surface area contributed by atoms with Crippen molar-refractivity contribution in [2.75, 3.05) is 4.90 Å². The molecule has 1 heterocycles. The van der Waals surface area contributed by atoms with Gasteiger partial charge in [0, 0.05) is 17.2 Å². The summed E-state index contributed by atoms with van der Waals surface area (Å²) in [5, 5.41) is 11.0. The van der Waals surface area contributed by atoms with E-state index < -0.39 is 6.10 Å². The van der Waals surface area contributed by atoms with E-state index in [1.165, 1.54) is 5.56 Å². The Morgan fingerprint density at radius 3 is 2.23 bits per heavy atom. The number of aliphatic hydroxyl groups is 1. The third kappa shape index (κ3) is 2.14. The minimum absolute atomic E-state index is 0.0138. The van der Waals surface area contributed by atoms with Crippen LogP contribution in [0.25, 0.3) is 0 Å². The zero-order chi connectivity index (χ0) is 17.7. The number of carbonyl (C=O) groups is 1. The van der Waals surface area contributed by atoms with Gasteiger partial charge in [-0.1, -0.05) is 60.7 Å². The van der Waals surface area contributed by atoms with Crippen LogP contribution in [0.5, 0.6) is 0 Å². The molecule has 0 radical (unpaired) electrons. The summed E-state index contributed by atoms with van der Waals surface area (Å²) in [6, 6.07) is 25.5. The predicted molar refractivity (Wildman–Crippen MR) is 101 cm³/mol. The second-order valence-electron chi connectivity index (χ2n) is 7.05. The van der Waals surface area contributed by atoms with Crippen molar-refractivity contribution in [3.63, 3.8) is 0 Å². The van der Waals surface area contributed by atoms with E-state index in [2.05, 4.69) is 6.07 Å². The lowest BCUT2D eigenvalue weighted by Crippen LogP contribution is -2.34. The van der Waals surface area contributed by atoms with E-state index in [0.717, 1.165) is 28.8 Å². The lowest BCUT2D eigenvalue weighted by molar-refractivity contribution is 0.0917. The Kier molecular flexibility index (Phi) is 3.44. The van der Waals surface area contributed by atoms with Crippen molar-refractivity contribution >= 4 is 11.6 Å². The molecule has 0 saturated carbocycles. The first-order valence-corrected chi connectivity index (χ1v) is 8.99. The first-order chi connectivity index (χ1) is 12.8. The number of nitrogens with zero attached hydrogens (tertiary/aromatic N) is 1. The van der Waals surface area contributed by atoms with E-state index in [1.807, 2.05) is 77.7 Å². The van der Waals surface area contributed by atoms with Gasteiger partial charge in [-0.3, -0.25) is 4.79 Å². The van der Waals surface area contributed by atoms with Crippen molar-refractivity contribution in [2.45, 2.75) is 18.6 Å². The van der Waals surface area contributed by atoms with Gasteiger partial charge in [0.15, 0.2) is 0 Å². The van der Waals surface area contributed by atoms with Gasteiger partial charge in [-0.2, -0.15) is 0 Å². The van der Waals surface area contributed by atoms with Gasteiger partial charge in [0.1, 0.15) is 0 Å². The van der Waals surface area contributed by atoms with Crippen LogP contribution in [0.3, 0.4) is 0 Å². The van der Waals surface area contributed by atoms with Gasteiger partial charge in [-0.15, -0.1) is 0 Å². The Balaban J connectivity index is 1.64. The number of rotatable bonds is 2. The molecule has 3 atom stereocenters. The molecule has 26 heavy (non-hydrogen) atoms. The number of hydrogen-bond acceptors (Lipinski definition) is 2. The Morgan fingerprint density at radius 2 is 1.46 bits per heavy atom. The molecule has 0 aromatic heterocycles. The zero-order valence-corrected chi connectivity index (χ0v) is 14.2. The minimum atomic E-state index is -0.568. The third-order valence-electron chi connectivity index (χ3n) is 5.68. The van der Waals surface area contributed by atoms with Gasteiger partial charge in [0.2, 0.25) is 0 Å². The van der Waals surface area contributed by atoms with Gasteiger partial charge in [-0.05, 0) is 41.3 Å². The second-order valence-corrected chi connectivity index (χ2v) is 7.05. The van der Waals surface area contributed by atoms with Gasteiger partial charge in [0.05, 0.1) is 12.1 Å². The number of benzene rings is 3. The largest absolute Gasteiger partial charge is 0.388 e. The Hall–Kier alpha value is -2.91. The summed E-state index contributed by atoms with van der Waals surface area (Å²) in [7, 11) is 0. The number of aliphatic hydroxyl groups excluding tert-OH is 1. The first-order valence-electron chi connectivity index (χ1n) is 8.99. The standard InChI is InChI=1S/C23H19NO2/c25-22-17-11-5-4-8-15(17)14-20(22)21-18-12-6-7-13-19(18)23(26)24(21)16-9-2-1-3-10-16/h1-13,20-22,25H,14H2. The monoisotopic (exact) mass is 341 g/mol. The molecule has 2 aliphatic rings. The fourth-order valence-electron chi connectivity index (χ4n) is 4.52. The van der Waals surface area contributed by atoms with Crippen molar-refractivity contribution in [1.29, 1.82) is 0 Å². The van der Waals surface area contributed by atoms with Crippen LogP contribution < -0.4 is 4.90 Å². The quantitative estimate of drug-likeness (QED) is 0.755. The molecule has 3 aromatic rings. The molecule has 3 nitrogen and oxygen atoms in total. The van der Waals surface area contributed by atoms with E-state index in [-0.39, 0.29) is 17.9 Å². The molecular formula is C23H19NO2. The summed E-state index contributed by atoms with van der Waals surface area (Å²) in [4.78, 5) is 15.1. The Morgan fingerprint density at radius 1 is 0.808 bits per heavy atom. The molecule has 1 amide bonds. The Labute approximate surface area is 152 Å². The Bertz CT molecular complexity index is 982. The average Bonchev–Trinajstić information content (AvgIpc) is 3.17. The van der Waals surface area contributed by atoms with Gasteiger partial charge < -0.3 is 10.0 Å². The number of hydrogen-bond donors (Lipinski definition) is 1. The third-order valence-corrected chi connectivity index (χ3v) is 5.68. The number of para-hydroxylation sites is 1. The molecule has 128 valence electrons. The number of carbonyl (C=O) groups excluding carboxylic acids is 1. The summed E-state index contributed by atoms with van der Waals surface area (Å²) in [5.74, 6) is -0.0415. The number of fused-ring (bicyclic) bond motifs is 2. The summed E-state index contributed by atoms with van der Waals surface area (Å²) >= 11 is 0. The summed E-state index contributed by atoms with van der Waals surface area (Å²) < 4.78 is 0. The van der Waals surface area contributed by atoms with Crippen molar-refractivity contribution in [3.8, 4) is 0 Å². The van der Waals surface area contributed by atoms with Crippen LogP contribution >= 0.6 is 0 Å². The van der Waals surface area contributed by atoms with Crippen molar-refractivity contribution in [2.24, 2.45) is 5.92 Å². The summed E-state index contributed by atoms with van der Waals surface area (Å²) in [5.41, 5.74) is 4.79. The molecule has 3 aromatic carbocycles. The van der Waals surface area contributed by atoms with Crippen LogP contribution in [-0.4, -0.2) is 11.0 Å². The molecule has 1 aliphatic heterocycles. The van der Waals surface area contributed by atoms with E-state index >= 15 is 0 Å². The number of anilines is 1. The molecule has 1 N–H and O–H groups in total. The normalized spacial score (nSPS) is 23.8. The smallest absolute Gasteiger partial charge is 0.259 e. The van der Waals surface area contributed by atoms with E-state index in [0.29, 0.717) is 0 Å². The van der Waals surface area contributed by atoms with Gasteiger partial charge in [0.25, 0.3) is 5.91 Å². The molecule has 0 bridgehead atoms. The SMILES string of the molecule is O=C1c2ccccc2C(C2Cc3ccccc3C2O)N1c1ccccc1. The van der Waals surface area contributed by atoms with Crippen LogP contribution in [0.2, 0.25) is 0 Å². The highest BCUT2D eigenvalue weighted by Gasteiger charge is 2.46. The van der Waals surface area contributed by atoms with Crippen molar-refractivity contribution in [1.82, 2.24) is 0 Å². The molecule has 0 saturated heterocycles. The maximum atomic E-state index is 13.2. The fourth-order valence-corrected chi connectivity index (χ4v) is 4.52. The highest BCUT2D eigenvalue weighted by Crippen LogP contribution is 2.50. The van der Waals surface area contributed by atoms with Crippen LogP contribution in [0.1, 0.15) is 39.2 Å². The molecule has 0 fully saturated rings. The average molecular weight is 341 g/mol. The van der Waals surface area contributed by atoms with E-state index in [1.54, 1.807) is 0 Å². The molecule has 3 heteroatoms. The maximum Gasteiger partial charge on any atom is 0.259 e. The molecule has 0 spiro atoms.